The van der Waals surface area contributed by atoms with E-state index in [1.165, 1.54) is 12.8 Å². The lowest BCUT2D eigenvalue weighted by atomic mass is 9.92. The molecule has 0 heterocycles. The summed E-state index contributed by atoms with van der Waals surface area (Å²) >= 11 is 0. The number of ether oxygens (including phenoxy) is 2. The van der Waals surface area contributed by atoms with Gasteiger partial charge in [-0.3, -0.25) is 0 Å². The molecule has 1 aliphatic carbocycles. The van der Waals surface area contributed by atoms with E-state index in [4.69, 9.17) is 9.47 Å². The Labute approximate surface area is 99.9 Å². The molecule has 1 N–H and O–H groups in total. The molecule has 1 fully saturated rings. The molecule has 3 nitrogen and oxygen atoms in total. The summed E-state index contributed by atoms with van der Waals surface area (Å²) in [6.45, 7) is 8.02. The first-order chi connectivity index (χ1) is 7.64. The fourth-order valence-electron chi connectivity index (χ4n) is 2.60. The van der Waals surface area contributed by atoms with Gasteiger partial charge < -0.3 is 14.8 Å². The molecule has 0 spiro atoms. The summed E-state index contributed by atoms with van der Waals surface area (Å²) in [7, 11) is 1.84. The van der Waals surface area contributed by atoms with Crippen molar-refractivity contribution in [3.05, 3.63) is 0 Å². The average molecular weight is 229 g/mol. The second-order valence-corrected chi connectivity index (χ2v) is 4.97. The van der Waals surface area contributed by atoms with E-state index in [2.05, 4.69) is 26.1 Å². The van der Waals surface area contributed by atoms with Crippen LogP contribution in [0.5, 0.6) is 0 Å². The summed E-state index contributed by atoms with van der Waals surface area (Å²) < 4.78 is 11.6. The SMILES string of the molecule is CCNC(COC(C)C)C1(OC)CCCC1. The van der Waals surface area contributed by atoms with Crippen molar-refractivity contribution in [2.24, 2.45) is 0 Å². The van der Waals surface area contributed by atoms with Crippen LogP contribution in [0.3, 0.4) is 0 Å². The maximum atomic E-state index is 5.80. The van der Waals surface area contributed by atoms with Crippen LogP contribution in [0.2, 0.25) is 0 Å². The van der Waals surface area contributed by atoms with Crippen LogP contribution in [0.1, 0.15) is 46.5 Å². The van der Waals surface area contributed by atoms with Crippen molar-refractivity contribution < 1.29 is 9.47 Å². The number of nitrogens with one attached hydrogen (secondary N) is 1. The average Bonchev–Trinajstić information content (AvgIpc) is 2.73. The van der Waals surface area contributed by atoms with Gasteiger partial charge >= 0.3 is 0 Å². The van der Waals surface area contributed by atoms with E-state index >= 15 is 0 Å². The zero-order valence-electron chi connectivity index (χ0n) is 11.2. The lowest BCUT2D eigenvalue weighted by molar-refractivity contribution is -0.0668. The molecular formula is C13H27NO2. The quantitative estimate of drug-likeness (QED) is 0.727. The molecule has 0 bridgehead atoms. The summed E-state index contributed by atoms with van der Waals surface area (Å²) in [6.07, 6.45) is 5.15. The van der Waals surface area contributed by atoms with Gasteiger partial charge in [0.15, 0.2) is 0 Å². The summed E-state index contributed by atoms with van der Waals surface area (Å²) in [6, 6.07) is 0.326. The fourth-order valence-corrected chi connectivity index (χ4v) is 2.60. The van der Waals surface area contributed by atoms with Gasteiger partial charge in [0, 0.05) is 7.11 Å². The lowest BCUT2D eigenvalue weighted by Crippen LogP contribution is -2.53. The van der Waals surface area contributed by atoms with Crippen LogP contribution in [-0.4, -0.2) is 38.0 Å². The molecule has 0 aromatic carbocycles. The minimum Gasteiger partial charge on any atom is -0.377 e. The molecule has 1 aliphatic rings. The van der Waals surface area contributed by atoms with E-state index in [9.17, 15) is 0 Å². The normalized spacial score (nSPS) is 21.6. The number of hydrogen-bond donors (Lipinski definition) is 1. The van der Waals surface area contributed by atoms with Crippen molar-refractivity contribution in [2.45, 2.75) is 64.2 Å². The van der Waals surface area contributed by atoms with Gasteiger partial charge in [-0.25, -0.2) is 0 Å². The Bertz CT molecular complexity index is 188. The van der Waals surface area contributed by atoms with Gasteiger partial charge in [0.05, 0.1) is 24.4 Å². The molecule has 16 heavy (non-hydrogen) atoms. The highest BCUT2D eigenvalue weighted by atomic mass is 16.5. The van der Waals surface area contributed by atoms with Crippen LogP contribution in [0.4, 0.5) is 0 Å². The van der Waals surface area contributed by atoms with Crippen molar-refractivity contribution in [3.63, 3.8) is 0 Å². The minimum atomic E-state index is 0.00486. The Kier molecular flexibility index (Phi) is 5.73. The highest BCUT2D eigenvalue weighted by molar-refractivity contribution is 4.96. The summed E-state index contributed by atoms with van der Waals surface area (Å²) in [5, 5.41) is 3.52. The van der Waals surface area contributed by atoms with Crippen molar-refractivity contribution in [1.82, 2.24) is 5.32 Å². The molecule has 1 rings (SSSR count). The lowest BCUT2D eigenvalue weighted by Gasteiger charge is -2.37. The second kappa shape index (κ2) is 6.58. The van der Waals surface area contributed by atoms with Crippen LogP contribution in [0, 0.1) is 0 Å². The molecule has 0 aromatic heterocycles. The molecule has 0 radical (unpaired) electrons. The van der Waals surface area contributed by atoms with Gasteiger partial charge in [-0.05, 0) is 33.2 Å². The van der Waals surface area contributed by atoms with Gasteiger partial charge in [0.1, 0.15) is 0 Å². The van der Waals surface area contributed by atoms with Crippen molar-refractivity contribution in [2.75, 3.05) is 20.3 Å². The zero-order chi connectivity index (χ0) is 12.0. The zero-order valence-corrected chi connectivity index (χ0v) is 11.2. The summed E-state index contributed by atoms with van der Waals surface area (Å²) in [4.78, 5) is 0. The van der Waals surface area contributed by atoms with Gasteiger partial charge in [0.2, 0.25) is 0 Å². The summed E-state index contributed by atoms with van der Waals surface area (Å²) in [5.74, 6) is 0. The predicted octanol–water partition coefficient (Wildman–Crippen LogP) is 2.35. The third-order valence-corrected chi connectivity index (χ3v) is 3.54. The van der Waals surface area contributed by atoms with Gasteiger partial charge in [0.25, 0.3) is 0 Å². The molecule has 0 amide bonds. The molecule has 1 unspecified atom stereocenters. The van der Waals surface area contributed by atoms with Crippen molar-refractivity contribution in [1.29, 1.82) is 0 Å². The Morgan fingerprint density at radius 1 is 1.25 bits per heavy atom. The van der Waals surface area contributed by atoms with Crippen LogP contribution >= 0.6 is 0 Å². The highest BCUT2D eigenvalue weighted by Gasteiger charge is 2.41. The molecular weight excluding hydrogens is 202 g/mol. The highest BCUT2D eigenvalue weighted by Crippen LogP contribution is 2.35. The van der Waals surface area contributed by atoms with E-state index in [-0.39, 0.29) is 11.7 Å². The maximum Gasteiger partial charge on any atom is 0.0853 e. The van der Waals surface area contributed by atoms with E-state index in [0.717, 1.165) is 26.0 Å². The first-order valence-corrected chi connectivity index (χ1v) is 6.54. The molecule has 96 valence electrons. The second-order valence-electron chi connectivity index (χ2n) is 4.97. The monoisotopic (exact) mass is 229 g/mol. The standard InChI is InChI=1S/C13H27NO2/c1-5-14-12(10-16-11(2)3)13(15-4)8-6-7-9-13/h11-12,14H,5-10H2,1-4H3. The van der Waals surface area contributed by atoms with Gasteiger partial charge in [-0.15, -0.1) is 0 Å². The van der Waals surface area contributed by atoms with E-state index in [1.807, 2.05) is 7.11 Å². The number of rotatable bonds is 7. The maximum absolute atomic E-state index is 5.80. The smallest absolute Gasteiger partial charge is 0.0853 e. The van der Waals surface area contributed by atoms with Crippen LogP contribution in [0.25, 0.3) is 0 Å². The fraction of sp³-hybridized carbons (Fsp3) is 1.00. The molecule has 0 aromatic rings. The largest absolute Gasteiger partial charge is 0.377 e. The molecule has 0 saturated heterocycles. The van der Waals surface area contributed by atoms with Crippen LogP contribution < -0.4 is 5.32 Å². The molecule has 3 heteroatoms. The number of likely N-dealkylation sites (N-methyl/N-ethyl adjacent to an activating group) is 1. The van der Waals surface area contributed by atoms with Crippen molar-refractivity contribution in [3.8, 4) is 0 Å². The molecule has 1 atom stereocenters. The predicted molar refractivity (Wildman–Crippen MR) is 66.8 cm³/mol. The molecule has 1 saturated carbocycles. The minimum absolute atomic E-state index is 0.00486. The number of methoxy groups -OCH3 is 1. The Morgan fingerprint density at radius 3 is 2.31 bits per heavy atom. The number of hydrogen-bond acceptors (Lipinski definition) is 3. The van der Waals surface area contributed by atoms with Crippen LogP contribution in [-0.2, 0) is 9.47 Å². The Balaban J connectivity index is 2.58. The summed E-state index contributed by atoms with van der Waals surface area (Å²) in [5.41, 5.74) is 0.00486. The first-order valence-electron chi connectivity index (χ1n) is 6.54. The Hall–Kier alpha value is -0.120. The van der Waals surface area contributed by atoms with Crippen LogP contribution in [0.15, 0.2) is 0 Å². The van der Waals surface area contributed by atoms with E-state index in [1.54, 1.807) is 0 Å². The van der Waals surface area contributed by atoms with E-state index < -0.39 is 0 Å². The van der Waals surface area contributed by atoms with Gasteiger partial charge in [-0.2, -0.15) is 0 Å². The third-order valence-electron chi connectivity index (χ3n) is 3.54. The molecule has 0 aliphatic heterocycles. The third kappa shape index (κ3) is 3.44. The van der Waals surface area contributed by atoms with E-state index in [0.29, 0.717) is 6.04 Å². The topological polar surface area (TPSA) is 30.5 Å². The Morgan fingerprint density at radius 2 is 1.88 bits per heavy atom. The first kappa shape index (κ1) is 13.9. The van der Waals surface area contributed by atoms with Crippen molar-refractivity contribution >= 4 is 0 Å². The van der Waals surface area contributed by atoms with Gasteiger partial charge in [-0.1, -0.05) is 19.8 Å².